The number of nitrogens with two attached hydrogens (primary N) is 1. The smallest absolute Gasteiger partial charge is 0.163 e. The van der Waals surface area contributed by atoms with Gasteiger partial charge in [0.15, 0.2) is 11.5 Å². The molecule has 1 saturated heterocycles. The van der Waals surface area contributed by atoms with E-state index in [1.807, 2.05) is 47.3 Å². The zero-order valence-electron chi connectivity index (χ0n) is 25.3. The average Bonchev–Trinajstić information content (AvgIpc) is 3.72. The van der Waals surface area contributed by atoms with Crippen molar-refractivity contribution < 1.29 is 9.47 Å². The van der Waals surface area contributed by atoms with Crippen LogP contribution in [0.15, 0.2) is 67.3 Å². The number of benzene rings is 3. The fraction of sp³-hybridized carbons (Fsp3) is 0.353. The third kappa shape index (κ3) is 6.70. The van der Waals surface area contributed by atoms with E-state index in [-0.39, 0.29) is 0 Å². The number of hydrogen-bond donors (Lipinski definition) is 1. The number of nitrogens with zero attached hydrogens (tertiary/aromatic N) is 8. The van der Waals surface area contributed by atoms with Crippen molar-refractivity contribution in [1.29, 1.82) is 10.5 Å². The number of rotatable bonds is 8. The van der Waals surface area contributed by atoms with Gasteiger partial charge in [-0.1, -0.05) is 12.1 Å². The van der Waals surface area contributed by atoms with Crippen LogP contribution in [0.2, 0.25) is 0 Å². The highest BCUT2D eigenvalue weighted by Crippen LogP contribution is 2.34. The first-order valence-corrected chi connectivity index (χ1v) is 15.4. The molecule has 7 rings (SSSR count). The Balaban J connectivity index is 0.000000200. The summed E-state index contributed by atoms with van der Waals surface area (Å²) >= 11 is 0. The summed E-state index contributed by atoms with van der Waals surface area (Å²) in [5, 5.41) is 18.1. The van der Waals surface area contributed by atoms with E-state index < -0.39 is 0 Å². The lowest BCUT2D eigenvalue weighted by atomic mass is 10.2. The van der Waals surface area contributed by atoms with Crippen LogP contribution < -0.4 is 20.1 Å². The minimum absolute atomic E-state index is 0.619. The SMILES string of the molecule is N#Cc1cccc2c1ncn2CCCN.N#Cc1cccc2c1ncn2CCCN1CCN(c2ccc3c(c2)OCCO3)CC1. The molecule has 0 amide bonds. The highest BCUT2D eigenvalue weighted by atomic mass is 16.6. The van der Waals surface area contributed by atoms with Crippen molar-refractivity contribution in [3.8, 4) is 23.6 Å². The number of imidazole rings is 2. The molecular weight excluding hydrogens is 566 g/mol. The van der Waals surface area contributed by atoms with E-state index in [0.717, 1.165) is 92.2 Å². The Morgan fingerprint density at radius 3 is 1.91 bits per heavy atom. The second-order valence-corrected chi connectivity index (χ2v) is 11.1. The van der Waals surface area contributed by atoms with Crippen molar-refractivity contribution in [3.05, 3.63) is 78.4 Å². The number of ether oxygens (including phenoxy) is 2. The first-order chi connectivity index (χ1) is 22.2. The maximum absolute atomic E-state index is 9.23. The Hall–Kier alpha value is -5.10. The standard InChI is InChI=1S/C23H25N5O2.C11H12N4/c24-16-18-3-1-4-20-23(18)25-17-28(20)8-2-7-26-9-11-27(12-10-26)19-5-6-21-22(15-19)30-14-13-29-21;12-5-2-6-15-8-14-11-9(7-13)3-1-4-10(11)15/h1,3-6,15,17H,2,7-14H2;1,3-4,8H,2,5-6,12H2. The minimum atomic E-state index is 0.619. The van der Waals surface area contributed by atoms with Crippen molar-refractivity contribution in [2.24, 2.45) is 5.73 Å². The average molecular weight is 604 g/mol. The van der Waals surface area contributed by atoms with E-state index in [4.69, 9.17) is 20.5 Å². The number of piperazine rings is 1. The van der Waals surface area contributed by atoms with E-state index in [1.54, 1.807) is 12.4 Å². The van der Waals surface area contributed by atoms with Gasteiger partial charge in [-0.05, 0) is 62.3 Å². The highest BCUT2D eigenvalue weighted by molar-refractivity contribution is 5.82. The fourth-order valence-corrected chi connectivity index (χ4v) is 5.90. The molecular formula is C34H37N9O2. The van der Waals surface area contributed by atoms with Crippen molar-refractivity contribution in [1.82, 2.24) is 24.0 Å². The van der Waals surface area contributed by atoms with Gasteiger partial charge in [-0.25, -0.2) is 9.97 Å². The van der Waals surface area contributed by atoms with Gasteiger partial charge in [0, 0.05) is 51.0 Å². The summed E-state index contributed by atoms with van der Waals surface area (Å²) in [6, 6.07) is 22.0. The Kier molecular flexibility index (Phi) is 9.40. The summed E-state index contributed by atoms with van der Waals surface area (Å²) in [6.45, 7) is 8.86. The molecule has 2 N–H and O–H groups in total. The van der Waals surface area contributed by atoms with Gasteiger partial charge < -0.3 is 29.2 Å². The quantitative estimate of drug-likeness (QED) is 0.278. The number of nitriles is 2. The Morgan fingerprint density at radius 1 is 0.711 bits per heavy atom. The molecule has 2 aromatic heterocycles. The van der Waals surface area contributed by atoms with E-state index in [9.17, 15) is 5.26 Å². The molecule has 0 bridgehead atoms. The zero-order chi connectivity index (χ0) is 31.0. The molecule has 2 aliphatic rings. The molecule has 45 heavy (non-hydrogen) atoms. The molecule has 11 nitrogen and oxygen atoms in total. The summed E-state index contributed by atoms with van der Waals surface area (Å²) < 4.78 is 15.5. The number of fused-ring (bicyclic) bond motifs is 3. The molecule has 0 unspecified atom stereocenters. The van der Waals surface area contributed by atoms with Gasteiger partial charge in [-0.2, -0.15) is 10.5 Å². The van der Waals surface area contributed by atoms with Crippen LogP contribution in [0, 0.1) is 22.7 Å². The molecule has 0 saturated carbocycles. The fourth-order valence-electron chi connectivity index (χ4n) is 5.90. The molecule has 2 aliphatic heterocycles. The number of aromatic nitrogens is 4. The van der Waals surface area contributed by atoms with E-state index in [1.165, 1.54) is 5.69 Å². The summed E-state index contributed by atoms with van der Waals surface area (Å²) in [6.07, 6.45) is 5.60. The number of para-hydroxylation sites is 2. The van der Waals surface area contributed by atoms with Crippen molar-refractivity contribution in [3.63, 3.8) is 0 Å². The van der Waals surface area contributed by atoms with Crippen LogP contribution >= 0.6 is 0 Å². The van der Waals surface area contributed by atoms with Crippen molar-refractivity contribution in [2.75, 3.05) is 57.4 Å². The normalized spacial score (nSPS) is 14.5. The summed E-state index contributed by atoms with van der Waals surface area (Å²) in [5.74, 6) is 1.70. The monoisotopic (exact) mass is 603 g/mol. The maximum atomic E-state index is 9.23. The predicted molar refractivity (Wildman–Crippen MR) is 173 cm³/mol. The van der Waals surface area contributed by atoms with Crippen LogP contribution in [0.1, 0.15) is 24.0 Å². The lowest BCUT2D eigenvalue weighted by molar-refractivity contribution is 0.171. The third-order valence-corrected chi connectivity index (χ3v) is 8.28. The summed E-state index contributed by atoms with van der Waals surface area (Å²) in [7, 11) is 0. The molecule has 3 aromatic carbocycles. The highest BCUT2D eigenvalue weighted by Gasteiger charge is 2.20. The van der Waals surface area contributed by atoms with E-state index in [0.29, 0.717) is 30.9 Å². The predicted octanol–water partition coefficient (Wildman–Crippen LogP) is 4.15. The van der Waals surface area contributed by atoms with Crippen molar-refractivity contribution in [2.45, 2.75) is 25.9 Å². The first-order valence-electron chi connectivity index (χ1n) is 15.4. The zero-order valence-corrected chi connectivity index (χ0v) is 25.3. The number of hydrogen-bond acceptors (Lipinski definition) is 9. The molecule has 230 valence electrons. The van der Waals surface area contributed by atoms with Crippen molar-refractivity contribution >= 4 is 27.8 Å². The van der Waals surface area contributed by atoms with Gasteiger partial charge in [-0.15, -0.1) is 0 Å². The summed E-state index contributed by atoms with van der Waals surface area (Å²) in [4.78, 5) is 13.6. The van der Waals surface area contributed by atoms with Gasteiger partial charge in [-0.3, -0.25) is 4.90 Å². The lowest BCUT2D eigenvalue weighted by Gasteiger charge is -2.36. The minimum Gasteiger partial charge on any atom is -0.486 e. The number of anilines is 1. The molecule has 0 spiro atoms. The Bertz CT molecular complexity index is 1840. The largest absolute Gasteiger partial charge is 0.486 e. The van der Waals surface area contributed by atoms with Crippen LogP contribution in [0.5, 0.6) is 11.5 Å². The van der Waals surface area contributed by atoms with Crippen LogP contribution in [-0.2, 0) is 13.1 Å². The Labute approximate surface area is 262 Å². The third-order valence-electron chi connectivity index (χ3n) is 8.28. The first kappa shape index (κ1) is 29.9. The van der Waals surface area contributed by atoms with Crippen LogP contribution in [-0.4, -0.2) is 76.5 Å². The molecule has 0 radical (unpaired) electrons. The maximum Gasteiger partial charge on any atom is 0.163 e. The number of aryl methyl sites for hydroxylation is 2. The van der Waals surface area contributed by atoms with Gasteiger partial charge >= 0.3 is 0 Å². The van der Waals surface area contributed by atoms with Gasteiger partial charge in [0.05, 0.1) is 34.8 Å². The molecule has 0 atom stereocenters. The van der Waals surface area contributed by atoms with Gasteiger partial charge in [0.25, 0.3) is 0 Å². The molecule has 0 aliphatic carbocycles. The van der Waals surface area contributed by atoms with E-state index >= 15 is 0 Å². The molecule has 1 fully saturated rings. The van der Waals surface area contributed by atoms with Crippen LogP contribution in [0.4, 0.5) is 5.69 Å². The van der Waals surface area contributed by atoms with Crippen LogP contribution in [0.3, 0.4) is 0 Å². The Morgan fingerprint density at radius 2 is 1.31 bits per heavy atom. The van der Waals surface area contributed by atoms with Gasteiger partial charge in [0.2, 0.25) is 0 Å². The van der Waals surface area contributed by atoms with E-state index in [2.05, 4.69) is 48.6 Å². The second-order valence-electron chi connectivity index (χ2n) is 11.1. The second kappa shape index (κ2) is 14.1. The van der Waals surface area contributed by atoms with Crippen LogP contribution in [0.25, 0.3) is 22.1 Å². The lowest BCUT2D eigenvalue weighted by Crippen LogP contribution is -2.46. The molecule has 11 heteroatoms. The molecule has 4 heterocycles. The molecule has 5 aromatic rings. The topological polar surface area (TPSA) is 134 Å². The van der Waals surface area contributed by atoms with Gasteiger partial charge in [0.1, 0.15) is 36.4 Å². The summed E-state index contributed by atoms with van der Waals surface area (Å²) in [5.41, 5.74) is 11.5.